The van der Waals surface area contributed by atoms with E-state index in [9.17, 15) is 18.8 Å². The molecular formula is C20H20FN3O3. The Morgan fingerprint density at radius 1 is 1.11 bits per heavy atom. The lowest BCUT2D eigenvalue weighted by molar-refractivity contribution is -0.136. The molecule has 0 bridgehead atoms. The van der Waals surface area contributed by atoms with E-state index < -0.39 is 23.9 Å². The molecule has 140 valence electrons. The van der Waals surface area contributed by atoms with E-state index in [2.05, 4.69) is 5.32 Å². The summed E-state index contributed by atoms with van der Waals surface area (Å²) in [6.45, 7) is -0.157. The lowest BCUT2D eigenvalue weighted by Crippen LogP contribution is -2.41. The number of benzene rings is 2. The van der Waals surface area contributed by atoms with Gasteiger partial charge in [-0.1, -0.05) is 42.5 Å². The summed E-state index contributed by atoms with van der Waals surface area (Å²) in [5.41, 5.74) is 1.55. The van der Waals surface area contributed by atoms with Crippen LogP contribution < -0.4 is 5.32 Å². The minimum Gasteiger partial charge on any atom is -0.340 e. The molecule has 0 aromatic heterocycles. The molecule has 7 heteroatoms. The fourth-order valence-electron chi connectivity index (χ4n) is 2.97. The Balaban J connectivity index is 1.60. The number of carbonyl (C=O) groups is 3. The number of amides is 4. The highest BCUT2D eigenvalue weighted by Crippen LogP contribution is 2.13. The van der Waals surface area contributed by atoms with Gasteiger partial charge in [0.15, 0.2) is 0 Å². The third-order valence-corrected chi connectivity index (χ3v) is 4.42. The predicted octanol–water partition coefficient (Wildman–Crippen LogP) is 1.95. The topological polar surface area (TPSA) is 69.7 Å². The van der Waals surface area contributed by atoms with Crippen molar-refractivity contribution in [1.29, 1.82) is 0 Å². The first kappa shape index (κ1) is 18.6. The monoisotopic (exact) mass is 369 g/mol. The van der Waals surface area contributed by atoms with Gasteiger partial charge in [0.05, 0.1) is 0 Å². The number of nitrogens with one attached hydrogen (secondary N) is 1. The summed E-state index contributed by atoms with van der Waals surface area (Å²) in [5, 5.41) is 2.62. The molecule has 1 aliphatic heterocycles. The molecule has 1 fully saturated rings. The average Bonchev–Trinajstić information content (AvgIpc) is 2.90. The smallest absolute Gasteiger partial charge is 0.325 e. The minimum atomic E-state index is -0.679. The first-order valence-electron chi connectivity index (χ1n) is 8.58. The van der Waals surface area contributed by atoms with E-state index in [0.717, 1.165) is 10.5 Å². The minimum absolute atomic E-state index is 0.188. The van der Waals surface area contributed by atoms with E-state index in [0.29, 0.717) is 12.0 Å². The zero-order chi connectivity index (χ0) is 19.4. The standard InChI is InChI=1S/C20H20FN3O3/c1-23(12-15-8-5-9-16(21)10-15)18(25)13-24-19(26)17(22-20(24)27)11-14-6-3-2-4-7-14/h2-10,17H,11-13H2,1H3,(H,22,27)/t17-/m0/s1. The predicted molar refractivity (Wildman–Crippen MR) is 97.1 cm³/mol. The molecule has 2 aromatic carbocycles. The van der Waals surface area contributed by atoms with Crippen LogP contribution in [0, 0.1) is 5.82 Å². The zero-order valence-electron chi connectivity index (χ0n) is 14.9. The van der Waals surface area contributed by atoms with Gasteiger partial charge >= 0.3 is 6.03 Å². The van der Waals surface area contributed by atoms with Crippen LogP contribution in [0.15, 0.2) is 54.6 Å². The van der Waals surface area contributed by atoms with Gasteiger partial charge in [-0.3, -0.25) is 14.5 Å². The Kier molecular flexibility index (Phi) is 5.49. The van der Waals surface area contributed by atoms with Crippen molar-refractivity contribution >= 4 is 17.8 Å². The van der Waals surface area contributed by atoms with E-state index >= 15 is 0 Å². The summed E-state index contributed by atoms with van der Waals surface area (Å²) in [6, 6.07) is 14.0. The van der Waals surface area contributed by atoms with Crippen molar-refractivity contribution in [3.05, 3.63) is 71.5 Å². The van der Waals surface area contributed by atoms with E-state index in [1.54, 1.807) is 19.2 Å². The molecule has 1 heterocycles. The number of halogens is 1. The maximum absolute atomic E-state index is 13.3. The van der Waals surface area contributed by atoms with Crippen molar-refractivity contribution in [1.82, 2.24) is 15.1 Å². The Morgan fingerprint density at radius 3 is 2.52 bits per heavy atom. The molecule has 6 nitrogen and oxygen atoms in total. The molecule has 0 aliphatic carbocycles. The first-order chi connectivity index (χ1) is 12.9. The molecule has 2 aromatic rings. The molecule has 1 aliphatic rings. The number of urea groups is 1. The van der Waals surface area contributed by atoms with Crippen molar-refractivity contribution in [3.63, 3.8) is 0 Å². The van der Waals surface area contributed by atoms with E-state index in [-0.39, 0.29) is 18.9 Å². The van der Waals surface area contributed by atoms with E-state index in [1.165, 1.54) is 17.0 Å². The largest absolute Gasteiger partial charge is 0.340 e. The van der Waals surface area contributed by atoms with E-state index in [4.69, 9.17) is 0 Å². The zero-order valence-corrected chi connectivity index (χ0v) is 14.9. The van der Waals surface area contributed by atoms with Crippen molar-refractivity contribution < 1.29 is 18.8 Å². The van der Waals surface area contributed by atoms with Crippen LogP contribution in [0.3, 0.4) is 0 Å². The van der Waals surface area contributed by atoms with Crippen LogP contribution in [0.1, 0.15) is 11.1 Å². The molecule has 1 atom stereocenters. The average molecular weight is 369 g/mol. The highest BCUT2D eigenvalue weighted by Gasteiger charge is 2.39. The Hall–Kier alpha value is -3.22. The lowest BCUT2D eigenvalue weighted by Gasteiger charge is -2.20. The van der Waals surface area contributed by atoms with Gasteiger partial charge in [-0.2, -0.15) is 0 Å². The fourth-order valence-corrected chi connectivity index (χ4v) is 2.97. The highest BCUT2D eigenvalue weighted by molar-refractivity contribution is 6.06. The van der Waals surface area contributed by atoms with Gasteiger partial charge in [0, 0.05) is 20.0 Å². The van der Waals surface area contributed by atoms with Crippen LogP contribution >= 0.6 is 0 Å². The molecule has 4 amide bonds. The summed E-state index contributed by atoms with van der Waals surface area (Å²) in [5.74, 6) is -1.20. The van der Waals surface area contributed by atoms with Gasteiger partial charge < -0.3 is 10.2 Å². The molecule has 27 heavy (non-hydrogen) atoms. The Morgan fingerprint density at radius 2 is 1.81 bits per heavy atom. The van der Waals surface area contributed by atoms with Crippen molar-refractivity contribution in [3.8, 4) is 0 Å². The Bertz CT molecular complexity index is 857. The van der Waals surface area contributed by atoms with Gasteiger partial charge in [-0.15, -0.1) is 0 Å². The van der Waals surface area contributed by atoms with Crippen molar-refractivity contribution in [2.24, 2.45) is 0 Å². The number of imide groups is 1. The summed E-state index contributed by atoms with van der Waals surface area (Å²) in [7, 11) is 1.55. The molecule has 0 radical (unpaired) electrons. The quantitative estimate of drug-likeness (QED) is 0.792. The second kappa shape index (κ2) is 7.99. The Labute approximate surface area is 156 Å². The van der Waals surface area contributed by atoms with Crippen LogP contribution in [0.4, 0.5) is 9.18 Å². The molecule has 0 saturated carbocycles. The van der Waals surface area contributed by atoms with Gasteiger partial charge in [-0.05, 0) is 23.3 Å². The molecule has 1 N–H and O–H groups in total. The lowest BCUT2D eigenvalue weighted by atomic mass is 10.1. The second-order valence-corrected chi connectivity index (χ2v) is 6.50. The second-order valence-electron chi connectivity index (χ2n) is 6.50. The maximum atomic E-state index is 13.3. The number of hydrogen-bond acceptors (Lipinski definition) is 3. The summed E-state index contributed by atoms with van der Waals surface area (Å²) < 4.78 is 13.3. The summed E-state index contributed by atoms with van der Waals surface area (Å²) in [4.78, 5) is 39.3. The van der Waals surface area contributed by atoms with Crippen LogP contribution in [-0.2, 0) is 22.6 Å². The molecular weight excluding hydrogens is 349 g/mol. The number of rotatable bonds is 6. The molecule has 1 saturated heterocycles. The van der Waals surface area contributed by atoms with Crippen LogP contribution in [0.25, 0.3) is 0 Å². The van der Waals surface area contributed by atoms with Gasteiger partial charge in [-0.25, -0.2) is 9.18 Å². The van der Waals surface area contributed by atoms with Gasteiger partial charge in [0.25, 0.3) is 5.91 Å². The summed E-state index contributed by atoms with van der Waals surface area (Å²) in [6.07, 6.45) is 0.370. The van der Waals surface area contributed by atoms with Crippen LogP contribution in [0.5, 0.6) is 0 Å². The fraction of sp³-hybridized carbons (Fsp3) is 0.250. The van der Waals surface area contributed by atoms with Crippen molar-refractivity contribution in [2.45, 2.75) is 19.0 Å². The number of hydrogen-bond donors (Lipinski definition) is 1. The van der Waals surface area contributed by atoms with Crippen LogP contribution in [0.2, 0.25) is 0 Å². The number of carbonyl (C=O) groups excluding carboxylic acids is 3. The molecule has 0 unspecified atom stereocenters. The maximum Gasteiger partial charge on any atom is 0.325 e. The SMILES string of the molecule is CN(Cc1cccc(F)c1)C(=O)CN1C(=O)N[C@@H](Cc2ccccc2)C1=O. The normalized spacial score (nSPS) is 16.4. The number of likely N-dealkylation sites (N-methyl/N-ethyl adjacent to an activating group) is 1. The third kappa shape index (κ3) is 4.49. The van der Waals surface area contributed by atoms with Gasteiger partial charge in [0.2, 0.25) is 5.91 Å². The third-order valence-electron chi connectivity index (χ3n) is 4.42. The highest BCUT2D eigenvalue weighted by atomic mass is 19.1. The van der Waals surface area contributed by atoms with Crippen LogP contribution in [-0.4, -0.2) is 47.3 Å². The molecule has 3 rings (SSSR count). The number of nitrogens with zero attached hydrogens (tertiary/aromatic N) is 2. The molecule has 0 spiro atoms. The first-order valence-corrected chi connectivity index (χ1v) is 8.58. The summed E-state index contributed by atoms with van der Waals surface area (Å²) >= 11 is 0. The van der Waals surface area contributed by atoms with Crippen molar-refractivity contribution in [2.75, 3.05) is 13.6 Å². The van der Waals surface area contributed by atoms with Gasteiger partial charge in [0.1, 0.15) is 18.4 Å². The van der Waals surface area contributed by atoms with E-state index in [1.807, 2.05) is 30.3 Å².